The van der Waals surface area contributed by atoms with E-state index < -0.39 is 0 Å². The second-order valence-electron chi connectivity index (χ2n) is 4.23. The number of thiazole rings is 1. The summed E-state index contributed by atoms with van der Waals surface area (Å²) in [5, 5.41) is 0.666. The van der Waals surface area contributed by atoms with Crippen LogP contribution < -0.4 is 0 Å². The van der Waals surface area contributed by atoms with Gasteiger partial charge in [0.05, 0.1) is 16.8 Å². The molecular formula is C12H14N2O2S. The fourth-order valence-corrected chi connectivity index (χ4v) is 2.52. The van der Waals surface area contributed by atoms with E-state index in [-0.39, 0.29) is 11.7 Å². The lowest BCUT2D eigenvalue weighted by Gasteiger charge is -2.00. The molecule has 0 aliphatic rings. The zero-order valence-corrected chi connectivity index (χ0v) is 11.1. The Morgan fingerprint density at radius 3 is 2.65 bits per heavy atom. The average molecular weight is 250 g/mol. The molecule has 0 saturated carbocycles. The first kappa shape index (κ1) is 12.0. The highest BCUT2D eigenvalue weighted by molar-refractivity contribution is 7.17. The van der Waals surface area contributed by atoms with Crippen LogP contribution in [0, 0.1) is 19.8 Å². The van der Waals surface area contributed by atoms with Crippen LogP contribution in [0.1, 0.15) is 35.0 Å². The number of hydrogen-bond acceptors (Lipinski definition) is 5. The van der Waals surface area contributed by atoms with Gasteiger partial charge in [-0.25, -0.2) is 9.97 Å². The van der Waals surface area contributed by atoms with Gasteiger partial charge in [-0.15, -0.1) is 11.3 Å². The van der Waals surface area contributed by atoms with Gasteiger partial charge in [0.15, 0.2) is 10.8 Å². The van der Waals surface area contributed by atoms with Crippen molar-refractivity contribution in [2.24, 2.45) is 5.92 Å². The van der Waals surface area contributed by atoms with Gasteiger partial charge in [-0.05, 0) is 13.8 Å². The van der Waals surface area contributed by atoms with E-state index in [4.69, 9.17) is 4.42 Å². The van der Waals surface area contributed by atoms with E-state index in [9.17, 15) is 4.79 Å². The van der Waals surface area contributed by atoms with Gasteiger partial charge in [-0.3, -0.25) is 4.79 Å². The normalized spacial score (nSPS) is 11.1. The molecule has 2 heterocycles. The molecule has 0 fully saturated rings. The summed E-state index contributed by atoms with van der Waals surface area (Å²) in [4.78, 5) is 21.1. The molecule has 0 saturated heterocycles. The molecule has 0 amide bonds. The first-order valence-electron chi connectivity index (χ1n) is 5.43. The monoisotopic (exact) mass is 250 g/mol. The highest BCUT2D eigenvalue weighted by Gasteiger charge is 2.20. The Morgan fingerprint density at radius 1 is 1.41 bits per heavy atom. The zero-order valence-electron chi connectivity index (χ0n) is 10.3. The van der Waals surface area contributed by atoms with Crippen LogP contribution in [0.25, 0.3) is 10.9 Å². The molecule has 0 unspecified atom stereocenters. The van der Waals surface area contributed by atoms with Gasteiger partial charge in [-0.2, -0.15) is 0 Å². The van der Waals surface area contributed by atoms with Crippen molar-refractivity contribution < 1.29 is 9.21 Å². The van der Waals surface area contributed by atoms with Gasteiger partial charge < -0.3 is 4.42 Å². The summed E-state index contributed by atoms with van der Waals surface area (Å²) < 4.78 is 5.40. The summed E-state index contributed by atoms with van der Waals surface area (Å²) in [7, 11) is 0. The second-order valence-corrected chi connectivity index (χ2v) is 5.23. The average Bonchev–Trinajstić information content (AvgIpc) is 2.83. The first-order valence-corrected chi connectivity index (χ1v) is 6.25. The summed E-state index contributed by atoms with van der Waals surface area (Å²) in [5.41, 5.74) is 0.750. The highest BCUT2D eigenvalue weighted by atomic mass is 32.1. The molecule has 0 bridgehead atoms. The molecule has 2 aromatic rings. The third kappa shape index (κ3) is 2.29. The van der Waals surface area contributed by atoms with Gasteiger partial charge in [0.1, 0.15) is 5.76 Å². The van der Waals surface area contributed by atoms with Crippen molar-refractivity contribution in [3.05, 3.63) is 22.5 Å². The minimum atomic E-state index is -0.0201. The number of aryl methyl sites for hydroxylation is 2. The number of nitrogens with zero attached hydrogens (tertiary/aromatic N) is 2. The molecule has 5 heteroatoms. The van der Waals surface area contributed by atoms with Crippen LogP contribution in [-0.4, -0.2) is 15.8 Å². The number of carbonyl (C=O) groups excluding carboxylic acids is 1. The Kier molecular flexibility index (Phi) is 3.11. The van der Waals surface area contributed by atoms with Crippen LogP contribution in [0.15, 0.2) is 10.6 Å². The number of Topliss-reactive ketones (excluding diaryl/α,β-unsaturated/α-hetero) is 1. The molecule has 0 N–H and O–H groups in total. The van der Waals surface area contributed by atoms with Gasteiger partial charge in [0, 0.05) is 5.92 Å². The summed E-state index contributed by atoms with van der Waals surface area (Å²) >= 11 is 1.35. The van der Waals surface area contributed by atoms with Gasteiger partial charge >= 0.3 is 0 Å². The third-order valence-corrected chi connectivity index (χ3v) is 3.51. The van der Waals surface area contributed by atoms with Crippen LogP contribution in [0.3, 0.4) is 0 Å². The van der Waals surface area contributed by atoms with Gasteiger partial charge in [0.2, 0.25) is 0 Å². The number of oxazole rings is 1. The zero-order chi connectivity index (χ0) is 12.6. The molecule has 0 radical (unpaired) electrons. The maximum absolute atomic E-state index is 11.9. The Bertz CT molecular complexity index is 555. The van der Waals surface area contributed by atoms with Crippen LogP contribution in [0.2, 0.25) is 0 Å². The number of carbonyl (C=O) groups is 1. The maximum atomic E-state index is 11.9. The highest BCUT2D eigenvalue weighted by Crippen LogP contribution is 2.29. The standard InChI is InChI=1S/C12H14N2O2S/c1-6(2)9(15)10-8(4)14-12(17-10)11-13-5-7(3)16-11/h5-6H,1-4H3. The molecule has 0 aliphatic carbocycles. The fourth-order valence-electron chi connectivity index (χ4n) is 1.43. The van der Waals surface area contributed by atoms with E-state index in [0.29, 0.717) is 15.8 Å². The smallest absolute Gasteiger partial charge is 0.255 e. The summed E-state index contributed by atoms with van der Waals surface area (Å²) in [6, 6.07) is 0. The SMILES string of the molecule is Cc1cnc(-c2nc(C)c(C(=O)C(C)C)s2)o1. The summed E-state index contributed by atoms with van der Waals surface area (Å²) in [6.45, 7) is 7.44. The van der Waals surface area contributed by atoms with E-state index in [1.54, 1.807) is 6.20 Å². The Hall–Kier alpha value is -1.49. The summed E-state index contributed by atoms with van der Waals surface area (Å²) in [6.07, 6.45) is 1.65. The van der Waals surface area contributed by atoms with Crippen LogP contribution >= 0.6 is 11.3 Å². The summed E-state index contributed by atoms with van der Waals surface area (Å²) in [5.74, 6) is 1.32. The lowest BCUT2D eigenvalue weighted by atomic mass is 10.1. The Morgan fingerprint density at radius 2 is 2.12 bits per heavy atom. The lowest BCUT2D eigenvalue weighted by molar-refractivity contribution is 0.0942. The number of hydrogen-bond donors (Lipinski definition) is 0. The molecule has 0 atom stereocenters. The number of ketones is 1. The maximum Gasteiger partial charge on any atom is 0.255 e. The minimum Gasteiger partial charge on any atom is -0.440 e. The van der Waals surface area contributed by atoms with Crippen molar-refractivity contribution in [3.8, 4) is 10.9 Å². The number of aromatic nitrogens is 2. The van der Waals surface area contributed by atoms with Crippen molar-refractivity contribution in [3.63, 3.8) is 0 Å². The van der Waals surface area contributed by atoms with E-state index in [1.807, 2.05) is 27.7 Å². The Labute approximate surface area is 104 Å². The molecule has 17 heavy (non-hydrogen) atoms. The van der Waals surface area contributed by atoms with Crippen LogP contribution in [-0.2, 0) is 0 Å². The fraction of sp³-hybridized carbons (Fsp3) is 0.417. The third-order valence-electron chi connectivity index (χ3n) is 2.35. The molecular weight excluding hydrogens is 236 g/mol. The van der Waals surface area contributed by atoms with Crippen LogP contribution in [0.4, 0.5) is 0 Å². The largest absolute Gasteiger partial charge is 0.440 e. The molecule has 4 nitrogen and oxygen atoms in total. The van der Waals surface area contributed by atoms with E-state index in [1.165, 1.54) is 11.3 Å². The molecule has 2 aromatic heterocycles. The lowest BCUT2D eigenvalue weighted by Crippen LogP contribution is -2.06. The van der Waals surface area contributed by atoms with E-state index >= 15 is 0 Å². The predicted molar refractivity (Wildman–Crippen MR) is 66.3 cm³/mol. The van der Waals surface area contributed by atoms with Crippen LogP contribution in [0.5, 0.6) is 0 Å². The molecule has 0 spiro atoms. The van der Waals surface area contributed by atoms with Crippen molar-refractivity contribution in [1.82, 2.24) is 9.97 Å². The first-order chi connectivity index (χ1) is 7.99. The van der Waals surface area contributed by atoms with Crippen molar-refractivity contribution in [2.45, 2.75) is 27.7 Å². The number of rotatable bonds is 3. The molecule has 2 rings (SSSR count). The van der Waals surface area contributed by atoms with Crippen molar-refractivity contribution >= 4 is 17.1 Å². The molecule has 0 aromatic carbocycles. The Balaban J connectivity index is 2.40. The quantitative estimate of drug-likeness (QED) is 0.784. The topological polar surface area (TPSA) is 56.0 Å². The van der Waals surface area contributed by atoms with Crippen molar-refractivity contribution in [2.75, 3.05) is 0 Å². The molecule has 0 aliphatic heterocycles. The van der Waals surface area contributed by atoms with E-state index in [0.717, 1.165) is 11.5 Å². The predicted octanol–water partition coefficient (Wildman–Crippen LogP) is 3.25. The van der Waals surface area contributed by atoms with E-state index in [2.05, 4.69) is 9.97 Å². The van der Waals surface area contributed by atoms with Crippen molar-refractivity contribution in [1.29, 1.82) is 0 Å². The van der Waals surface area contributed by atoms with Gasteiger partial charge in [0.25, 0.3) is 5.89 Å². The van der Waals surface area contributed by atoms with Gasteiger partial charge in [-0.1, -0.05) is 13.8 Å². The second kappa shape index (κ2) is 4.41. The minimum absolute atomic E-state index is 0.0201. The molecule has 90 valence electrons.